The van der Waals surface area contributed by atoms with Crippen LogP contribution >= 0.6 is 22.9 Å². The predicted octanol–water partition coefficient (Wildman–Crippen LogP) is 1.77. The number of alkyl halides is 1. The summed E-state index contributed by atoms with van der Waals surface area (Å²) in [6.45, 7) is 1.59. The molecule has 0 bridgehead atoms. The van der Waals surface area contributed by atoms with Crippen LogP contribution in [0.5, 0.6) is 0 Å². The van der Waals surface area contributed by atoms with Gasteiger partial charge in [-0.15, -0.1) is 22.9 Å². The van der Waals surface area contributed by atoms with Crippen LogP contribution in [0.1, 0.15) is 11.4 Å². The summed E-state index contributed by atoms with van der Waals surface area (Å²) in [6.07, 6.45) is 3.27. The monoisotopic (exact) mass is 244 g/mol. The predicted molar refractivity (Wildman–Crippen MR) is 61.2 cm³/mol. The summed E-state index contributed by atoms with van der Waals surface area (Å²) in [6, 6.07) is 0. The highest BCUT2D eigenvalue weighted by molar-refractivity contribution is 7.09. The molecular formula is C10H13ClN2OS. The third-order valence-corrected chi connectivity index (χ3v) is 3.87. The zero-order valence-electron chi connectivity index (χ0n) is 8.36. The average molecular weight is 245 g/mol. The number of nitrogens with zero attached hydrogens (tertiary/aromatic N) is 2. The highest BCUT2D eigenvalue weighted by atomic mass is 35.5. The Morgan fingerprint density at radius 1 is 1.67 bits per heavy atom. The van der Waals surface area contributed by atoms with Crippen molar-refractivity contribution in [3.8, 4) is 0 Å². The molecule has 2 heterocycles. The zero-order valence-corrected chi connectivity index (χ0v) is 9.93. The molecule has 1 fully saturated rings. The molecular weight excluding hydrogens is 232 g/mol. The first-order valence-corrected chi connectivity index (χ1v) is 6.43. The van der Waals surface area contributed by atoms with Crippen LogP contribution in [0.25, 0.3) is 0 Å². The van der Waals surface area contributed by atoms with E-state index in [1.807, 2.05) is 10.3 Å². The average Bonchev–Trinajstić information content (AvgIpc) is 2.84. The maximum atomic E-state index is 11.6. The molecule has 1 amide bonds. The topological polar surface area (TPSA) is 33.2 Å². The van der Waals surface area contributed by atoms with E-state index in [-0.39, 0.29) is 5.91 Å². The van der Waals surface area contributed by atoms with Gasteiger partial charge in [0.1, 0.15) is 0 Å². The van der Waals surface area contributed by atoms with Crippen molar-refractivity contribution in [1.29, 1.82) is 0 Å². The molecule has 5 heteroatoms. The molecule has 0 spiro atoms. The fourth-order valence-corrected chi connectivity index (χ4v) is 2.60. The molecule has 82 valence electrons. The van der Waals surface area contributed by atoms with Crippen LogP contribution in [0.2, 0.25) is 0 Å². The van der Waals surface area contributed by atoms with Gasteiger partial charge in [0.15, 0.2) is 0 Å². The molecule has 0 saturated carbocycles. The third-order valence-electron chi connectivity index (χ3n) is 2.59. The molecule has 1 atom stereocenters. The first-order chi connectivity index (χ1) is 7.29. The lowest BCUT2D eigenvalue weighted by atomic mass is 10.1. The summed E-state index contributed by atoms with van der Waals surface area (Å²) in [5, 5.41) is 3.06. The number of hydrogen-bond donors (Lipinski definition) is 0. The van der Waals surface area contributed by atoms with Crippen LogP contribution in [-0.4, -0.2) is 34.8 Å². The standard InChI is InChI=1S/C10H13ClN2OS/c11-6-8-5-10(14)13(7-8)3-1-9-12-2-4-15-9/h2,4,8H,1,3,5-7H2. The number of rotatable bonds is 4. The van der Waals surface area contributed by atoms with Crippen LogP contribution in [0.3, 0.4) is 0 Å². The second kappa shape index (κ2) is 4.94. The fraction of sp³-hybridized carbons (Fsp3) is 0.600. The normalized spacial score (nSPS) is 21.3. The van der Waals surface area contributed by atoms with Crippen LogP contribution in [0.4, 0.5) is 0 Å². The second-order valence-electron chi connectivity index (χ2n) is 3.74. The number of amides is 1. The number of carbonyl (C=O) groups is 1. The molecule has 1 saturated heterocycles. The van der Waals surface area contributed by atoms with Crippen molar-refractivity contribution < 1.29 is 4.79 Å². The lowest BCUT2D eigenvalue weighted by Gasteiger charge is -2.14. The summed E-state index contributed by atoms with van der Waals surface area (Å²) in [5.74, 6) is 1.16. The minimum Gasteiger partial charge on any atom is -0.342 e. The molecule has 15 heavy (non-hydrogen) atoms. The van der Waals surface area contributed by atoms with Gasteiger partial charge in [-0.3, -0.25) is 4.79 Å². The first kappa shape index (κ1) is 10.9. The van der Waals surface area contributed by atoms with Gasteiger partial charge in [-0.1, -0.05) is 0 Å². The number of thiazole rings is 1. The Morgan fingerprint density at radius 3 is 3.13 bits per heavy atom. The van der Waals surface area contributed by atoms with Crippen LogP contribution in [0, 0.1) is 5.92 Å². The minimum absolute atomic E-state index is 0.234. The van der Waals surface area contributed by atoms with E-state index in [2.05, 4.69) is 4.98 Å². The van der Waals surface area contributed by atoms with Crippen molar-refractivity contribution >= 4 is 28.8 Å². The zero-order chi connectivity index (χ0) is 10.7. The number of halogens is 1. The number of carbonyl (C=O) groups excluding carboxylic acids is 1. The van der Waals surface area contributed by atoms with Crippen molar-refractivity contribution in [3.05, 3.63) is 16.6 Å². The number of hydrogen-bond acceptors (Lipinski definition) is 3. The summed E-state index contributed by atoms with van der Waals surface area (Å²) < 4.78 is 0. The minimum atomic E-state index is 0.234. The summed E-state index contributed by atoms with van der Waals surface area (Å²) in [5.41, 5.74) is 0. The van der Waals surface area contributed by atoms with Crippen LogP contribution in [0.15, 0.2) is 11.6 Å². The molecule has 3 nitrogen and oxygen atoms in total. The number of aromatic nitrogens is 1. The Bertz CT molecular complexity index is 328. The third kappa shape index (κ3) is 2.69. The van der Waals surface area contributed by atoms with Gasteiger partial charge in [0.2, 0.25) is 5.91 Å². The van der Waals surface area contributed by atoms with Crippen molar-refractivity contribution in [3.63, 3.8) is 0 Å². The van der Waals surface area contributed by atoms with Crippen molar-refractivity contribution in [2.75, 3.05) is 19.0 Å². The van der Waals surface area contributed by atoms with Gasteiger partial charge in [-0.25, -0.2) is 4.98 Å². The van der Waals surface area contributed by atoms with Gasteiger partial charge >= 0.3 is 0 Å². The maximum Gasteiger partial charge on any atom is 0.222 e. The Labute approximate surface area is 98.1 Å². The lowest BCUT2D eigenvalue weighted by Crippen LogP contribution is -2.27. The van der Waals surface area contributed by atoms with Crippen molar-refractivity contribution in [2.45, 2.75) is 12.8 Å². The Morgan fingerprint density at radius 2 is 2.53 bits per heavy atom. The quantitative estimate of drug-likeness (QED) is 0.757. The summed E-state index contributed by atoms with van der Waals surface area (Å²) in [7, 11) is 0. The number of likely N-dealkylation sites (tertiary alicyclic amines) is 1. The van der Waals surface area contributed by atoms with E-state index in [0.29, 0.717) is 18.2 Å². The summed E-state index contributed by atoms with van der Waals surface area (Å²) >= 11 is 7.39. The lowest BCUT2D eigenvalue weighted by molar-refractivity contribution is -0.127. The van der Waals surface area contributed by atoms with Gasteiger partial charge in [0.25, 0.3) is 0 Å². The van der Waals surface area contributed by atoms with Gasteiger partial charge in [-0.05, 0) is 5.92 Å². The Hall–Kier alpha value is -0.610. The second-order valence-corrected chi connectivity index (χ2v) is 5.03. The molecule has 1 aromatic rings. The van der Waals surface area contributed by atoms with E-state index >= 15 is 0 Å². The molecule has 0 aromatic carbocycles. The van der Waals surface area contributed by atoms with Crippen LogP contribution in [-0.2, 0) is 11.2 Å². The van der Waals surface area contributed by atoms with E-state index in [1.165, 1.54) is 0 Å². The fourth-order valence-electron chi connectivity index (χ4n) is 1.78. The van der Waals surface area contributed by atoms with Crippen molar-refractivity contribution in [1.82, 2.24) is 9.88 Å². The maximum absolute atomic E-state index is 11.6. The molecule has 0 radical (unpaired) electrons. The first-order valence-electron chi connectivity index (χ1n) is 5.01. The van der Waals surface area contributed by atoms with E-state index < -0.39 is 0 Å². The van der Waals surface area contributed by atoms with Crippen molar-refractivity contribution in [2.24, 2.45) is 5.92 Å². The summed E-state index contributed by atoms with van der Waals surface area (Å²) in [4.78, 5) is 17.6. The van der Waals surface area contributed by atoms with Gasteiger partial charge in [0.05, 0.1) is 5.01 Å². The highest BCUT2D eigenvalue weighted by Crippen LogP contribution is 2.19. The molecule has 0 N–H and O–H groups in total. The van der Waals surface area contributed by atoms with E-state index in [9.17, 15) is 4.79 Å². The van der Waals surface area contributed by atoms with Gasteiger partial charge < -0.3 is 4.90 Å². The smallest absolute Gasteiger partial charge is 0.222 e. The largest absolute Gasteiger partial charge is 0.342 e. The highest BCUT2D eigenvalue weighted by Gasteiger charge is 2.28. The molecule has 1 aromatic heterocycles. The van der Waals surface area contributed by atoms with Crippen LogP contribution < -0.4 is 0 Å². The Balaban J connectivity index is 1.83. The van der Waals surface area contributed by atoms with Gasteiger partial charge in [0, 0.05) is 43.4 Å². The molecule has 1 aliphatic rings. The van der Waals surface area contributed by atoms with E-state index in [1.54, 1.807) is 17.5 Å². The molecule has 1 unspecified atom stereocenters. The van der Waals surface area contributed by atoms with E-state index in [4.69, 9.17) is 11.6 Å². The Kier molecular flexibility index (Phi) is 3.59. The molecule has 0 aliphatic carbocycles. The molecule has 1 aliphatic heterocycles. The van der Waals surface area contributed by atoms with Gasteiger partial charge in [-0.2, -0.15) is 0 Å². The SMILES string of the molecule is O=C1CC(CCl)CN1CCc1nccs1. The molecule has 2 rings (SSSR count). The van der Waals surface area contributed by atoms with E-state index in [0.717, 1.165) is 24.5 Å².